The standard InChI is InChI=1S/C20H18O2/c1-2-7-16-10-6-11-18-19(21)14-17(22-20(16)18)13-12-15-8-4-3-5-9-15/h3-6,8-14H,2,7H2,1H3/b13-12+. The average Bonchev–Trinajstić information content (AvgIpc) is 2.55. The minimum absolute atomic E-state index is 0.00640. The Morgan fingerprint density at radius 1 is 1.00 bits per heavy atom. The van der Waals surface area contributed by atoms with Crippen molar-refractivity contribution in [3.8, 4) is 0 Å². The molecular formula is C20H18O2. The summed E-state index contributed by atoms with van der Waals surface area (Å²) < 4.78 is 5.96. The molecule has 2 heteroatoms. The third-order valence-electron chi connectivity index (χ3n) is 3.61. The molecule has 0 spiro atoms. The second-order valence-electron chi connectivity index (χ2n) is 5.30. The summed E-state index contributed by atoms with van der Waals surface area (Å²) in [7, 11) is 0. The summed E-state index contributed by atoms with van der Waals surface area (Å²) in [6.45, 7) is 2.12. The van der Waals surface area contributed by atoms with Gasteiger partial charge in [-0.05, 0) is 29.7 Å². The third-order valence-corrected chi connectivity index (χ3v) is 3.61. The quantitative estimate of drug-likeness (QED) is 0.683. The van der Waals surface area contributed by atoms with E-state index >= 15 is 0 Å². The first-order chi connectivity index (χ1) is 10.8. The van der Waals surface area contributed by atoms with E-state index in [1.165, 1.54) is 0 Å². The van der Waals surface area contributed by atoms with Gasteiger partial charge in [0.15, 0.2) is 5.43 Å². The van der Waals surface area contributed by atoms with E-state index in [2.05, 4.69) is 6.92 Å². The Labute approximate surface area is 129 Å². The SMILES string of the molecule is CCCc1cccc2c(=O)cc(/C=C/c3ccccc3)oc12. The van der Waals surface area contributed by atoms with Gasteiger partial charge < -0.3 is 4.42 Å². The number of hydrogen-bond acceptors (Lipinski definition) is 2. The van der Waals surface area contributed by atoms with Crippen LogP contribution in [-0.2, 0) is 6.42 Å². The highest BCUT2D eigenvalue weighted by Crippen LogP contribution is 2.20. The van der Waals surface area contributed by atoms with E-state index in [0.29, 0.717) is 16.7 Å². The Balaban J connectivity index is 2.06. The fourth-order valence-corrected chi connectivity index (χ4v) is 2.54. The van der Waals surface area contributed by atoms with E-state index in [4.69, 9.17) is 4.42 Å². The number of aryl methyl sites for hydroxylation is 1. The summed E-state index contributed by atoms with van der Waals surface area (Å²) in [5.74, 6) is 0.588. The lowest BCUT2D eigenvalue weighted by molar-refractivity contribution is 0.585. The van der Waals surface area contributed by atoms with Crippen LogP contribution in [0.15, 0.2) is 63.8 Å². The van der Waals surface area contributed by atoms with E-state index in [0.717, 1.165) is 24.0 Å². The summed E-state index contributed by atoms with van der Waals surface area (Å²) in [4.78, 5) is 12.3. The smallest absolute Gasteiger partial charge is 0.193 e. The maximum absolute atomic E-state index is 12.3. The lowest BCUT2D eigenvalue weighted by Crippen LogP contribution is -2.02. The summed E-state index contributed by atoms with van der Waals surface area (Å²) in [5.41, 5.74) is 2.88. The molecule has 0 fully saturated rings. The fourth-order valence-electron chi connectivity index (χ4n) is 2.54. The summed E-state index contributed by atoms with van der Waals surface area (Å²) >= 11 is 0. The second kappa shape index (κ2) is 6.44. The Hall–Kier alpha value is -2.61. The number of fused-ring (bicyclic) bond motifs is 1. The van der Waals surface area contributed by atoms with Gasteiger partial charge in [-0.3, -0.25) is 4.79 Å². The normalized spacial score (nSPS) is 11.3. The molecule has 1 heterocycles. The maximum atomic E-state index is 12.3. The first-order valence-corrected chi connectivity index (χ1v) is 7.57. The lowest BCUT2D eigenvalue weighted by Gasteiger charge is -2.05. The number of rotatable bonds is 4. The molecule has 0 aliphatic rings. The molecule has 0 radical (unpaired) electrons. The van der Waals surface area contributed by atoms with E-state index in [1.54, 1.807) is 6.07 Å². The Kier molecular flexibility index (Phi) is 4.19. The molecule has 0 atom stereocenters. The number of hydrogen-bond donors (Lipinski definition) is 0. The predicted octanol–water partition coefficient (Wildman–Crippen LogP) is 4.92. The largest absolute Gasteiger partial charge is 0.456 e. The van der Waals surface area contributed by atoms with Crippen LogP contribution in [0.4, 0.5) is 0 Å². The number of para-hydroxylation sites is 1. The highest BCUT2D eigenvalue weighted by molar-refractivity contribution is 5.81. The monoisotopic (exact) mass is 290 g/mol. The molecule has 3 rings (SSSR count). The van der Waals surface area contributed by atoms with Crippen LogP contribution in [0.1, 0.15) is 30.2 Å². The van der Waals surface area contributed by atoms with Crippen molar-refractivity contribution in [1.82, 2.24) is 0 Å². The topological polar surface area (TPSA) is 30.2 Å². The van der Waals surface area contributed by atoms with Crippen molar-refractivity contribution in [2.24, 2.45) is 0 Å². The third kappa shape index (κ3) is 3.01. The van der Waals surface area contributed by atoms with Gasteiger partial charge in [-0.15, -0.1) is 0 Å². The minimum atomic E-state index is 0.00640. The molecule has 2 aromatic carbocycles. The van der Waals surface area contributed by atoms with E-state index in [-0.39, 0.29) is 5.43 Å². The van der Waals surface area contributed by atoms with Crippen LogP contribution in [0.25, 0.3) is 23.1 Å². The Morgan fingerprint density at radius 3 is 2.59 bits per heavy atom. The van der Waals surface area contributed by atoms with Crippen molar-refractivity contribution >= 4 is 23.1 Å². The van der Waals surface area contributed by atoms with Gasteiger partial charge in [0.25, 0.3) is 0 Å². The van der Waals surface area contributed by atoms with Gasteiger partial charge >= 0.3 is 0 Å². The van der Waals surface area contributed by atoms with Crippen molar-refractivity contribution in [3.05, 3.63) is 81.7 Å². The first kappa shape index (κ1) is 14.3. The molecule has 0 amide bonds. The van der Waals surface area contributed by atoms with Crippen molar-refractivity contribution in [2.75, 3.05) is 0 Å². The minimum Gasteiger partial charge on any atom is -0.456 e. The van der Waals surface area contributed by atoms with Gasteiger partial charge in [0, 0.05) is 6.07 Å². The molecule has 0 saturated carbocycles. The molecule has 0 aliphatic heterocycles. The van der Waals surface area contributed by atoms with Gasteiger partial charge in [-0.2, -0.15) is 0 Å². The lowest BCUT2D eigenvalue weighted by atomic mass is 10.1. The molecule has 3 aromatic rings. The van der Waals surface area contributed by atoms with Crippen molar-refractivity contribution in [2.45, 2.75) is 19.8 Å². The molecule has 110 valence electrons. The average molecular weight is 290 g/mol. The highest BCUT2D eigenvalue weighted by atomic mass is 16.3. The molecule has 22 heavy (non-hydrogen) atoms. The summed E-state index contributed by atoms with van der Waals surface area (Å²) in [5, 5.41) is 0.655. The van der Waals surface area contributed by atoms with Crippen molar-refractivity contribution in [3.63, 3.8) is 0 Å². The van der Waals surface area contributed by atoms with E-state index in [1.807, 2.05) is 60.7 Å². The highest BCUT2D eigenvalue weighted by Gasteiger charge is 2.07. The van der Waals surface area contributed by atoms with E-state index in [9.17, 15) is 4.79 Å². The predicted molar refractivity (Wildman–Crippen MR) is 91.8 cm³/mol. The summed E-state index contributed by atoms with van der Waals surface area (Å²) in [6, 6.07) is 17.3. The van der Waals surface area contributed by atoms with Crippen molar-refractivity contribution in [1.29, 1.82) is 0 Å². The zero-order valence-electron chi connectivity index (χ0n) is 12.6. The van der Waals surface area contributed by atoms with Crippen LogP contribution in [0.2, 0.25) is 0 Å². The Bertz CT molecular complexity index is 858. The van der Waals surface area contributed by atoms with E-state index < -0.39 is 0 Å². The van der Waals surface area contributed by atoms with Crippen LogP contribution in [0.5, 0.6) is 0 Å². The van der Waals surface area contributed by atoms with Crippen LogP contribution in [0, 0.1) is 0 Å². The molecule has 2 nitrogen and oxygen atoms in total. The molecule has 1 aromatic heterocycles. The number of benzene rings is 2. The molecular weight excluding hydrogens is 272 g/mol. The molecule has 0 N–H and O–H groups in total. The molecule has 0 bridgehead atoms. The zero-order chi connectivity index (χ0) is 15.4. The van der Waals surface area contributed by atoms with Gasteiger partial charge in [-0.1, -0.05) is 61.9 Å². The van der Waals surface area contributed by atoms with Crippen LogP contribution >= 0.6 is 0 Å². The molecule has 0 saturated heterocycles. The van der Waals surface area contributed by atoms with Gasteiger partial charge in [-0.25, -0.2) is 0 Å². The zero-order valence-corrected chi connectivity index (χ0v) is 12.6. The van der Waals surface area contributed by atoms with Crippen LogP contribution in [-0.4, -0.2) is 0 Å². The second-order valence-corrected chi connectivity index (χ2v) is 5.30. The van der Waals surface area contributed by atoms with Crippen molar-refractivity contribution < 1.29 is 4.42 Å². The van der Waals surface area contributed by atoms with Crippen LogP contribution in [0.3, 0.4) is 0 Å². The molecule has 0 unspecified atom stereocenters. The van der Waals surface area contributed by atoms with Crippen LogP contribution < -0.4 is 5.43 Å². The fraction of sp³-hybridized carbons (Fsp3) is 0.150. The van der Waals surface area contributed by atoms with Gasteiger partial charge in [0.05, 0.1) is 5.39 Å². The Morgan fingerprint density at radius 2 is 1.82 bits per heavy atom. The summed E-state index contributed by atoms with van der Waals surface area (Å²) in [6.07, 6.45) is 5.73. The molecule has 0 aliphatic carbocycles. The maximum Gasteiger partial charge on any atom is 0.193 e. The van der Waals surface area contributed by atoms with Gasteiger partial charge in [0.1, 0.15) is 11.3 Å². The first-order valence-electron chi connectivity index (χ1n) is 7.57. The van der Waals surface area contributed by atoms with Gasteiger partial charge in [0.2, 0.25) is 0 Å².